The third-order valence-electron chi connectivity index (χ3n) is 2.76. The van der Waals surface area contributed by atoms with Crippen LogP contribution in [0.5, 0.6) is 0 Å². The largest absolute Gasteiger partial charge is 0.462 e. The van der Waals surface area contributed by atoms with Crippen molar-refractivity contribution < 1.29 is 28.6 Å². The molecule has 0 bridgehead atoms. The minimum atomic E-state index is -2.39. The molecule has 5 nitrogen and oxygen atoms in total. The number of carbonyl (C=O) groups is 1. The molecule has 0 aromatic carbocycles. The Morgan fingerprint density at radius 3 is 2.71 bits per heavy atom. The average Bonchev–Trinajstić information content (AvgIpc) is 2.34. The number of hydrogen-bond acceptors (Lipinski definition) is 6. The molecule has 1 fully saturated rings. The summed E-state index contributed by atoms with van der Waals surface area (Å²) in [6.45, 7) is 1.22. The van der Waals surface area contributed by atoms with Crippen LogP contribution in [0, 0.1) is 5.92 Å². The maximum atomic E-state index is 13.6. The molecular weight excluding hydrogens is 251 g/mol. The molecule has 0 aromatic heterocycles. The lowest BCUT2D eigenvalue weighted by Gasteiger charge is -2.22. The van der Waals surface area contributed by atoms with Crippen LogP contribution in [0.1, 0.15) is 39.0 Å². The first-order valence-corrected chi connectivity index (χ1v) is 6.32. The summed E-state index contributed by atoms with van der Waals surface area (Å²) in [5, 5.41) is 8.73. The summed E-state index contributed by atoms with van der Waals surface area (Å²) in [6.07, 6.45) is 5.50. The third kappa shape index (κ3) is 5.20. The van der Waals surface area contributed by atoms with Crippen molar-refractivity contribution in [2.45, 2.75) is 44.0 Å². The molecule has 100 valence electrons. The van der Waals surface area contributed by atoms with Gasteiger partial charge in [-0.15, -0.1) is 4.33 Å². The molecule has 1 rings (SSSR count). The zero-order valence-electron chi connectivity index (χ0n) is 9.69. The van der Waals surface area contributed by atoms with E-state index in [1.54, 1.807) is 0 Å². The van der Waals surface area contributed by atoms with Gasteiger partial charge in [0.25, 0.3) is 5.00 Å². The normalized spacial score (nSPS) is 20.9. The molecule has 1 N–H and O–H groups in total. The molecule has 1 aliphatic carbocycles. The van der Waals surface area contributed by atoms with Gasteiger partial charge in [-0.05, 0) is 25.7 Å². The first-order chi connectivity index (χ1) is 8.06. The lowest BCUT2D eigenvalue weighted by atomic mass is 9.90. The first-order valence-electron chi connectivity index (χ1n) is 5.58. The van der Waals surface area contributed by atoms with Gasteiger partial charge in [0.2, 0.25) is 0 Å². The number of alkyl halides is 1. The molecule has 0 aliphatic heterocycles. The number of carbonyl (C=O) groups excluding carboxylic acids is 1. The van der Waals surface area contributed by atoms with Crippen LogP contribution in [-0.4, -0.2) is 22.8 Å². The van der Waals surface area contributed by atoms with E-state index >= 15 is 0 Å². The molecule has 0 radical (unpaired) electrons. The fraction of sp³-hybridized carbons (Fsp3) is 0.900. The van der Waals surface area contributed by atoms with E-state index < -0.39 is 11.0 Å². The average molecular weight is 268 g/mol. The Balaban J connectivity index is 2.27. The maximum Gasteiger partial charge on any atom is 0.356 e. The zero-order chi connectivity index (χ0) is 12.7. The van der Waals surface area contributed by atoms with E-state index in [-0.39, 0.29) is 18.6 Å². The van der Waals surface area contributed by atoms with Crippen LogP contribution in [0.2, 0.25) is 0 Å². The van der Waals surface area contributed by atoms with Gasteiger partial charge in [0.15, 0.2) is 0 Å². The number of hydrogen-bond donors (Lipinski definition) is 1. The Labute approximate surface area is 104 Å². The van der Waals surface area contributed by atoms with E-state index in [1.165, 1.54) is 6.42 Å². The van der Waals surface area contributed by atoms with Crippen molar-refractivity contribution in [1.29, 1.82) is 0 Å². The molecular formula is C10H17FO5S. The summed E-state index contributed by atoms with van der Waals surface area (Å²) < 4.78 is 22.4. The number of esters is 1. The van der Waals surface area contributed by atoms with Gasteiger partial charge in [-0.1, -0.05) is 24.3 Å². The summed E-state index contributed by atoms with van der Waals surface area (Å²) in [4.78, 5) is 11.4. The molecule has 17 heavy (non-hydrogen) atoms. The van der Waals surface area contributed by atoms with Crippen LogP contribution in [0.3, 0.4) is 0 Å². The first kappa shape index (κ1) is 14.7. The Hall–Kier alpha value is -0.370. The minimum Gasteiger partial charge on any atom is -0.462 e. The molecule has 1 atom stereocenters. The summed E-state index contributed by atoms with van der Waals surface area (Å²) in [6, 6.07) is 0. The Morgan fingerprint density at radius 2 is 2.12 bits per heavy atom. The third-order valence-corrected chi connectivity index (χ3v) is 3.37. The predicted molar refractivity (Wildman–Crippen MR) is 59.4 cm³/mol. The Morgan fingerprint density at radius 1 is 1.47 bits per heavy atom. The van der Waals surface area contributed by atoms with Crippen molar-refractivity contribution in [3.63, 3.8) is 0 Å². The van der Waals surface area contributed by atoms with Crippen molar-refractivity contribution in [3.8, 4) is 0 Å². The van der Waals surface area contributed by atoms with Crippen molar-refractivity contribution in [2.75, 3.05) is 6.61 Å². The van der Waals surface area contributed by atoms with Crippen LogP contribution in [0.4, 0.5) is 4.39 Å². The topological polar surface area (TPSA) is 65.0 Å². The van der Waals surface area contributed by atoms with Crippen LogP contribution in [-0.2, 0) is 18.9 Å². The van der Waals surface area contributed by atoms with Crippen LogP contribution < -0.4 is 0 Å². The smallest absolute Gasteiger partial charge is 0.356 e. The highest BCUT2D eigenvalue weighted by molar-refractivity contribution is 7.96. The molecule has 0 heterocycles. The lowest BCUT2D eigenvalue weighted by Crippen LogP contribution is -2.30. The standard InChI is InChI=1S/C10H17FO5S/c1-10(11,17-16-15-13)9(12)14-7-8-5-3-2-4-6-8/h8,13H,2-7H2,1H3. The van der Waals surface area contributed by atoms with Gasteiger partial charge in [0.05, 0.1) is 18.6 Å². The fourth-order valence-electron chi connectivity index (χ4n) is 1.79. The molecule has 1 saturated carbocycles. The monoisotopic (exact) mass is 268 g/mol. The van der Waals surface area contributed by atoms with E-state index in [2.05, 4.69) is 9.37 Å². The van der Waals surface area contributed by atoms with Gasteiger partial charge in [0, 0.05) is 0 Å². The molecule has 0 saturated heterocycles. The van der Waals surface area contributed by atoms with E-state index in [9.17, 15) is 9.18 Å². The molecule has 0 spiro atoms. The fourth-order valence-corrected chi connectivity index (χ4v) is 2.07. The summed E-state index contributed by atoms with van der Waals surface area (Å²) in [5.74, 6) is -0.700. The number of halogens is 1. The quantitative estimate of drug-likeness (QED) is 0.346. The van der Waals surface area contributed by atoms with E-state index in [0.29, 0.717) is 5.92 Å². The van der Waals surface area contributed by atoms with Gasteiger partial charge in [-0.2, -0.15) is 0 Å². The second kappa shape index (κ2) is 7.15. The number of ether oxygens (including phenoxy) is 1. The van der Waals surface area contributed by atoms with Crippen LogP contribution in [0.15, 0.2) is 0 Å². The van der Waals surface area contributed by atoms with Gasteiger partial charge in [-0.3, -0.25) is 0 Å². The second-order valence-electron chi connectivity index (χ2n) is 4.25. The number of rotatable bonds is 6. The molecule has 1 aliphatic rings. The highest BCUT2D eigenvalue weighted by Gasteiger charge is 2.38. The van der Waals surface area contributed by atoms with Crippen molar-refractivity contribution in [2.24, 2.45) is 5.92 Å². The van der Waals surface area contributed by atoms with E-state index in [4.69, 9.17) is 9.99 Å². The molecule has 0 amide bonds. The highest BCUT2D eigenvalue weighted by atomic mass is 32.2. The van der Waals surface area contributed by atoms with Crippen LogP contribution >= 0.6 is 12.0 Å². The summed E-state index contributed by atoms with van der Waals surface area (Å²) >= 11 is 0.0600. The van der Waals surface area contributed by atoms with E-state index in [0.717, 1.165) is 32.6 Å². The molecule has 0 aromatic rings. The molecule has 1 unspecified atom stereocenters. The molecule has 7 heteroatoms. The van der Waals surface area contributed by atoms with E-state index in [1.807, 2.05) is 0 Å². The van der Waals surface area contributed by atoms with Crippen molar-refractivity contribution >= 4 is 18.0 Å². The van der Waals surface area contributed by atoms with Crippen LogP contribution in [0.25, 0.3) is 0 Å². The summed E-state index contributed by atoms with van der Waals surface area (Å²) in [7, 11) is 0. The Kier molecular flexibility index (Phi) is 6.18. The van der Waals surface area contributed by atoms with Crippen molar-refractivity contribution in [3.05, 3.63) is 0 Å². The maximum absolute atomic E-state index is 13.6. The Bertz CT molecular complexity index is 243. The van der Waals surface area contributed by atoms with Gasteiger partial charge < -0.3 is 4.74 Å². The minimum absolute atomic E-state index is 0.0600. The van der Waals surface area contributed by atoms with Crippen molar-refractivity contribution in [1.82, 2.24) is 0 Å². The zero-order valence-corrected chi connectivity index (χ0v) is 10.5. The highest BCUT2D eigenvalue weighted by Crippen LogP contribution is 2.30. The second-order valence-corrected chi connectivity index (χ2v) is 5.31. The van der Waals surface area contributed by atoms with Gasteiger partial charge >= 0.3 is 5.97 Å². The van der Waals surface area contributed by atoms with Gasteiger partial charge in [-0.25, -0.2) is 14.4 Å². The SMILES string of the molecule is CC(F)(SOOO)C(=O)OCC1CCCCC1. The lowest BCUT2D eigenvalue weighted by molar-refractivity contribution is -0.432. The van der Waals surface area contributed by atoms with Gasteiger partial charge in [0.1, 0.15) is 0 Å². The predicted octanol–water partition coefficient (Wildman–Crippen LogP) is 2.87. The summed E-state index contributed by atoms with van der Waals surface area (Å²) in [5.41, 5.74) is 0.